The summed E-state index contributed by atoms with van der Waals surface area (Å²) in [6, 6.07) is 3.44. The Labute approximate surface area is 135 Å². The molecule has 1 aliphatic carbocycles. The summed E-state index contributed by atoms with van der Waals surface area (Å²) in [5, 5.41) is 0. The van der Waals surface area contributed by atoms with Crippen molar-refractivity contribution in [3.8, 4) is 11.5 Å². The quantitative estimate of drug-likeness (QED) is 0.475. The highest BCUT2D eigenvalue weighted by molar-refractivity contribution is 5.84. The lowest BCUT2D eigenvalue weighted by Gasteiger charge is -2.33. The van der Waals surface area contributed by atoms with Gasteiger partial charge in [0.05, 0.1) is 25.6 Å². The Kier molecular flexibility index (Phi) is 4.11. The summed E-state index contributed by atoms with van der Waals surface area (Å²) in [5.74, 6) is 0.856. The average molecular weight is 316 g/mol. The van der Waals surface area contributed by atoms with Crippen molar-refractivity contribution in [3.63, 3.8) is 0 Å². The first-order chi connectivity index (χ1) is 11.2. The molecule has 122 valence electrons. The fourth-order valence-corrected chi connectivity index (χ4v) is 3.60. The lowest BCUT2D eigenvalue weighted by molar-refractivity contribution is -0.144. The molecule has 1 aromatic carbocycles. The van der Waals surface area contributed by atoms with Crippen molar-refractivity contribution in [2.45, 2.75) is 37.7 Å². The van der Waals surface area contributed by atoms with Crippen molar-refractivity contribution in [2.24, 2.45) is 0 Å². The molecule has 0 spiro atoms. The summed E-state index contributed by atoms with van der Waals surface area (Å²) in [4.78, 5) is 23.7. The molecule has 0 N–H and O–H groups in total. The SMILES string of the molecule is CCOC(=O)C[C@@]12C=CCC[C@@H]1Oc1c(OC)ccc(C=O)c12. The molecule has 2 atom stereocenters. The number of carbonyl (C=O) groups excluding carboxylic acids is 2. The normalized spacial score (nSPS) is 24.3. The van der Waals surface area contributed by atoms with Crippen LogP contribution in [0.4, 0.5) is 0 Å². The van der Waals surface area contributed by atoms with Crippen LogP contribution in [0.5, 0.6) is 11.5 Å². The van der Waals surface area contributed by atoms with Crippen LogP contribution in [0.1, 0.15) is 42.1 Å². The van der Waals surface area contributed by atoms with Gasteiger partial charge in [0.25, 0.3) is 0 Å². The van der Waals surface area contributed by atoms with Crippen LogP contribution in [-0.2, 0) is 14.9 Å². The van der Waals surface area contributed by atoms with Crippen LogP contribution in [0.2, 0.25) is 0 Å². The summed E-state index contributed by atoms with van der Waals surface area (Å²) in [6.45, 7) is 2.11. The third-order valence-electron chi connectivity index (χ3n) is 4.55. The standard InChI is InChI=1S/C18H20O5/c1-3-22-15(20)10-18-9-5-4-6-14(18)23-17-13(21-2)8-7-12(11-19)16(17)18/h5,7-9,11,14H,3-4,6,10H2,1-2H3/t14-,18-/m0/s1. The molecule has 0 aromatic heterocycles. The highest BCUT2D eigenvalue weighted by atomic mass is 16.5. The number of aldehydes is 1. The summed E-state index contributed by atoms with van der Waals surface area (Å²) >= 11 is 0. The fourth-order valence-electron chi connectivity index (χ4n) is 3.60. The number of allylic oxidation sites excluding steroid dienone is 1. The van der Waals surface area contributed by atoms with Crippen LogP contribution in [-0.4, -0.2) is 32.1 Å². The molecule has 5 heteroatoms. The highest BCUT2D eigenvalue weighted by Gasteiger charge is 2.52. The van der Waals surface area contributed by atoms with Crippen LogP contribution in [0.15, 0.2) is 24.3 Å². The predicted molar refractivity (Wildman–Crippen MR) is 84.1 cm³/mol. The topological polar surface area (TPSA) is 61.8 Å². The molecule has 5 nitrogen and oxygen atoms in total. The Hall–Kier alpha value is -2.30. The summed E-state index contributed by atoms with van der Waals surface area (Å²) in [7, 11) is 1.56. The molecule has 0 saturated carbocycles. The smallest absolute Gasteiger partial charge is 0.307 e. The second-order valence-electron chi connectivity index (χ2n) is 5.79. The second kappa shape index (κ2) is 6.07. The van der Waals surface area contributed by atoms with Crippen molar-refractivity contribution < 1.29 is 23.8 Å². The second-order valence-corrected chi connectivity index (χ2v) is 5.79. The van der Waals surface area contributed by atoms with Gasteiger partial charge >= 0.3 is 5.97 Å². The van der Waals surface area contributed by atoms with Gasteiger partial charge in [-0.3, -0.25) is 9.59 Å². The molecule has 0 fully saturated rings. The Morgan fingerprint density at radius 2 is 2.30 bits per heavy atom. The van der Waals surface area contributed by atoms with Crippen LogP contribution < -0.4 is 9.47 Å². The van der Waals surface area contributed by atoms with E-state index in [0.717, 1.165) is 24.7 Å². The van der Waals surface area contributed by atoms with Crippen molar-refractivity contribution in [1.82, 2.24) is 0 Å². The first-order valence-corrected chi connectivity index (χ1v) is 7.83. The van der Waals surface area contributed by atoms with E-state index in [1.54, 1.807) is 26.2 Å². The molecule has 0 bridgehead atoms. The van der Waals surface area contributed by atoms with E-state index >= 15 is 0 Å². The van der Waals surface area contributed by atoms with Gasteiger partial charge < -0.3 is 14.2 Å². The minimum atomic E-state index is -0.662. The van der Waals surface area contributed by atoms with E-state index in [1.165, 1.54) is 0 Å². The van der Waals surface area contributed by atoms with Gasteiger partial charge in [-0.2, -0.15) is 0 Å². The van der Waals surface area contributed by atoms with Crippen LogP contribution in [0, 0.1) is 0 Å². The molecular formula is C18H20O5. The van der Waals surface area contributed by atoms with E-state index in [0.29, 0.717) is 23.7 Å². The third kappa shape index (κ3) is 2.40. The van der Waals surface area contributed by atoms with Gasteiger partial charge in [-0.15, -0.1) is 0 Å². The first-order valence-electron chi connectivity index (χ1n) is 7.83. The Bertz CT molecular complexity index is 664. The van der Waals surface area contributed by atoms with Crippen molar-refractivity contribution >= 4 is 12.3 Å². The zero-order valence-electron chi connectivity index (χ0n) is 13.3. The number of hydrogen-bond acceptors (Lipinski definition) is 5. The van der Waals surface area contributed by atoms with Crippen molar-refractivity contribution in [3.05, 3.63) is 35.4 Å². The van der Waals surface area contributed by atoms with E-state index in [4.69, 9.17) is 14.2 Å². The molecular weight excluding hydrogens is 296 g/mol. The third-order valence-corrected chi connectivity index (χ3v) is 4.55. The zero-order valence-corrected chi connectivity index (χ0v) is 13.3. The predicted octanol–water partition coefficient (Wildman–Crippen LogP) is 2.81. The molecule has 1 aromatic rings. The van der Waals surface area contributed by atoms with E-state index in [2.05, 4.69) is 0 Å². The van der Waals surface area contributed by atoms with Gasteiger partial charge in [0.15, 0.2) is 17.8 Å². The minimum absolute atomic E-state index is 0.156. The lowest BCUT2D eigenvalue weighted by Crippen LogP contribution is -2.41. The van der Waals surface area contributed by atoms with Gasteiger partial charge in [-0.25, -0.2) is 0 Å². The summed E-state index contributed by atoms with van der Waals surface area (Å²) < 4.78 is 16.6. The maximum absolute atomic E-state index is 12.2. The molecule has 3 rings (SSSR count). The molecule has 2 aliphatic rings. The number of fused-ring (bicyclic) bond motifs is 3. The number of rotatable bonds is 5. The number of benzene rings is 1. The molecule has 23 heavy (non-hydrogen) atoms. The number of carbonyl (C=O) groups is 2. The van der Waals surface area contributed by atoms with Crippen LogP contribution in [0.3, 0.4) is 0 Å². The lowest BCUT2D eigenvalue weighted by atomic mass is 9.69. The maximum Gasteiger partial charge on any atom is 0.307 e. The van der Waals surface area contributed by atoms with E-state index in [9.17, 15) is 9.59 Å². The fraction of sp³-hybridized carbons (Fsp3) is 0.444. The van der Waals surface area contributed by atoms with Crippen LogP contribution in [0.25, 0.3) is 0 Å². The van der Waals surface area contributed by atoms with E-state index < -0.39 is 5.41 Å². The summed E-state index contributed by atoms with van der Waals surface area (Å²) in [5.41, 5.74) is 0.602. The molecule has 0 radical (unpaired) electrons. The van der Waals surface area contributed by atoms with E-state index in [-0.39, 0.29) is 18.5 Å². The number of hydrogen-bond donors (Lipinski definition) is 0. The molecule has 0 unspecified atom stereocenters. The number of esters is 1. The number of methoxy groups -OCH3 is 1. The van der Waals surface area contributed by atoms with Gasteiger partial charge in [-0.1, -0.05) is 12.2 Å². The van der Waals surface area contributed by atoms with Crippen molar-refractivity contribution in [2.75, 3.05) is 13.7 Å². The number of ether oxygens (including phenoxy) is 3. The maximum atomic E-state index is 12.2. The Balaban J connectivity index is 2.16. The van der Waals surface area contributed by atoms with Crippen molar-refractivity contribution in [1.29, 1.82) is 0 Å². The first kappa shape index (κ1) is 15.6. The van der Waals surface area contributed by atoms with Gasteiger partial charge in [0.2, 0.25) is 0 Å². The van der Waals surface area contributed by atoms with Crippen LogP contribution >= 0.6 is 0 Å². The van der Waals surface area contributed by atoms with E-state index in [1.807, 2.05) is 12.2 Å². The van der Waals surface area contributed by atoms with Gasteiger partial charge in [0.1, 0.15) is 6.10 Å². The monoisotopic (exact) mass is 316 g/mol. The summed E-state index contributed by atoms with van der Waals surface area (Å²) in [6.07, 6.45) is 6.47. The molecule has 0 amide bonds. The van der Waals surface area contributed by atoms with Gasteiger partial charge in [-0.05, 0) is 31.9 Å². The Morgan fingerprint density at radius 3 is 3.00 bits per heavy atom. The largest absolute Gasteiger partial charge is 0.493 e. The highest BCUT2D eigenvalue weighted by Crippen LogP contribution is 2.54. The van der Waals surface area contributed by atoms with Gasteiger partial charge in [0, 0.05) is 11.1 Å². The Morgan fingerprint density at radius 1 is 1.48 bits per heavy atom. The average Bonchev–Trinajstić information content (AvgIpc) is 2.89. The molecule has 1 heterocycles. The minimum Gasteiger partial charge on any atom is -0.493 e. The molecule has 0 saturated heterocycles. The molecule has 1 aliphatic heterocycles. The zero-order chi connectivity index (χ0) is 16.4.